The Kier molecular flexibility index (Phi) is 4.11. The van der Waals surface area contributed by atoms with E-state index < -0.39 is 0 Å². The standard InChI is InChI=1S/C14H28N2O/c1-14(2,3)16-10-12-8-15(6-5-7-17-4)9-13(12)11-16/h12-13H,5-11H2,1-4H3/t12-,13+. The van der Waals surface area contributed by atoms with Crippen LogP contribution in [-0.4, -0.2) is 61.8 Å². The topological polar surface area (TPSA) is 15.7 Å². The van der Waals surface area contributed by atoms with Gasteiger partial charge >= 0.3 is 0 Å². The second-order valence-corrected chi connectivity index (χ2v) is 6.70. The number of ether oxygens (including phenoxy) is 1. The molecule has 0 unspecified atom stereocenters. The molecule has 0 spiro atoms. The van der Waals surface area contributed by atoms with Gasteiger partial charge in [0.2, 0.25) is 0 Å². The fourth-order valence-electron chi connectivity index (χ4n) is 3.25. The van der Waals surface area contributed by atoms with E-state index in [4.69, 9.17) is 4.74 Å². The monoisotopic (exact) mass is 240 g/mol. The molecular weight excluding hydrogens is 212 g/mol. The van der Waals surface area contributed by atoms with Gasteiger partial charge in [-0.3, -0.25) is 4.90 Å². The first-order valence-corrected chi connectivity index (χ1v) is 6.97. The van der Waals surface area contributed by atoms with Crippen LogP contribution in [0, 0.1) is 11.8 Å². The summed E-state index contributed by atoms with van der Waals surface area (Å²) >= 11 is 0. The molecule has 0 N–H and O–H groups in total. The molecule has 2 saturated heterocycles. The SMILES string of the molecule is COCCCN1C[C@@H]2CN(C(C)(C)C)C[C@@H]2C1. The van der Waals surface area contributed by atoms with Crippen molar-refractivity contribution in [1.82, 2.24) is 9.80 Å². The van der Waals surface area contributed by atoms with Crippen molar-refractivity contribution in [2.45, 2.75) is 32.7 Å². The van der Waals surface area contributed by atoms with Crippen LogP contribution in [0.3, 0.4) is 0 Å². The molecule has 2 rings (SSSR count). The zero-order valence-electron chi connectivity index (χ0n) is 11.9. The third-order valence-corrected chi connectivity index (χ3v) is 4.33. The molecule has 0 aromatic heterocycles. The van der Waals surface area contributed by atoms with E-state index in [1.54, 1.807) is 7.11 Å². The first kappa shape index (κ1) is 13.3. The van der Waals surface area contributed by atoms with E-state index >= 15 is 0 Å². The molecule has 2 aliphatic rings. The van der Waals surface area contributed by atoms with Crippen LogP contribution in [-0.2, 0) is 4.74 Å². The van der Waals surface area contributed by atoms with E-state index in [0.29, 0.717) is 5.54 Å². The number of rotatable bonds is 4. The average molecular weight is 240 g/mol. The second-order valence-electron chi connectivity index (χ2n) is 6.70. The normalized spacial score (nSPS) is 31.1. The lowest BCUT2D eigenvalue weighted by Crippen LogP contribution is -2.41. The minimum absolute atomic E-state index is 0.352. The maximum atomic E-state index is 5.12. The highest BCUT2D eigenvalue weighted by atomic mass is 16.5. The van der Waals surface area contributed by atoms with Crippen LogP contribution in [0.15, 0.2) is 0 Å². The van der Waals surface area contributed by atoms with Crippen LogP contribution < -0.4 is 0 Å². The van der Waals surface area contributed by atoms with Gasteiger partial charge in [0.25, 0.3) is 0 Å². The molecule has 0 bridgehead atoms. The molecular formula is C14H28N2O. The number of hydrogen-bond acceptors (Lipinski definition) is 3. The number of hydrogen-bond donors (Lipinski definition) is 0. The van der Waals surface area contributed by atoms with Crippen molar-refractivity contribution in [2.24, 2.45) is 11.8 Å². The van der Waals surface area contributed by atoms with Gasteiger partial charge in [-0.05, 0) is 39.0 Å². The smallest absolute Gasteiger partial charge is 0.0474 e. The molecule has 0 radical (unpaired) electrons. The number of fused-ring (bicyclic) bond motifs is 1. The summed E-state index contributed by atoms with van der Waals surface area (Å²) in [5.74, 6) is 1.83. The van der Waals surface area contributed by atoms with E-state index in [0.717, 1.165) is 18.4 Å². The second kappa shape index (κ2) is 5.25. The Balaban J connectivity index is 1.75. The van der Waals surface area contributed by atoms with E-state index in [9.17, 15) is 0 Å². The van der Waals surface area contributed by atoms with Crippen molar-refractivity contribution < 1.29 is 4.74 Å². The van der Waals surface area contributed by atoms with Gasteiger partial charge < -0.3 is 9.64 Å². The van der Waals surface area contributed by atoms with E-state index in [2.05, 4.69) is 30.6 Å². The number of methoxy groups -OCH3 is 1. The quantitative estimate of drug-likeness (QED) is 0.696. The van der Waals surface area contributed by atoms with Crippen LogP contribution in [0.1, 0.15) is 27.2 Å². The van der Waals surface area contributed by atoms with Crippen molar-refractivity contribution in [1.29, 1.82) is 0 Å². The summed E-state index contributed by atoms with van der Waals surface area (Å²) in [5.41, 5.74) is 0.352. The third kappa shape index (κ3) is 3.21. The highest BCUT2D eigenvalue weighted by Gasteiger charge is 2.42. The molecule has 3 nitrogen and oxygen atoms in total. The first-order chi connectivity index (χ1) is 8.00. The van der Waals surface area contributed by atoms with Gasteiger partial charge in [-0.2, -0.15) is 0 Å². The molecule has 0 aliphatic carbocycles. The Hall–Kier alpha value is -0.120. The molecule has 0 saturated carbocycles. The van der Waals surface area contributed by atoms with Gasteiger partial charge in [0, 0.05) is 52.0 Å². The van der Waals surface area contributed by atoms with E-state index in [-0.39, 0.29) is 0 Å². The fraction of sp³-hybridized carbons (Fsp3) is 1.00. The highest BCUT2D eigenvalue weighted by Crippen LogP contribution is 2.34. The van der Waals surface area contributed by atoms with Crippen LogP contribution >= 0.6 is 0 Å². The van der Waals surface area contributed by atoms with E-state index in [1.807, 2.05) is 0 Å². The van der Waals surface area contributed by atoms with Crippen molar-refractivity contribution >= 4 is 0 Å². The Morgan fingerprint density at radius 2 is 1.65 bits per heavy atom. The fourth-order valence-corrected chi connectivity index (χ4v) is 3.25. The molecule has 0 amide bonds. The maximum absolute atomic E-state index is 5.12. The Bertz CT molecular complexity index is 235. The molecule has 2 atom stereocenters. The minimum Gasteiger partial charge on any atom is -0.385 e. The van der Waals surface area contributed by atoms with Crippen LogP contribution in [0.25, 0.3) is 0 Å². The summed E-state index contributed by atoms with van der Waals surface area (Å²) in [5, 5.41) is 0. The first-order valence-electron chi connectivity index (χ1n) is 6.97. The van der Waals surface area contributed by atoms with Crippen LogP contribution in [0.5, 0.6) is 0 Å². The molecule has 17 heavy (non-hydrogen) atoms. The molecule has 2 aliphatic heterocycles. The van der Waals surface area contributed by atoms with Gasteiger partial charge in [-0.15, -0.1) is 0 Å². The number of nitrogens with zero attached hydrogens (tertiary/aromatic N) is 2. The zero-order chi connectivity index (χ0) is 12.5. The predicted molar refractivity (Wildman–Crippen MR) is 71.2 cm³/mol. The Morgan fingerprint density at radius 3 is 2.12 bits per heavy atom. The molecule has 2 heterocycles. The minimum atomic E-state index is 0.352. The molecule has 3 heteroatoms. The van der Waals surface area contributed by atoms with Gasteiger partial charge in [-0.25, -0.2) is 0 Å². The lowest BCUT2D eigenvalue weighted by molar-refractivity contribution is 0.143. The summed E-state index contributed by atoms with van der Waals surface area (Å²) < 4.78 is 5.12. The maximum Gasteiger partial charge on any atom is 0.0474 e. The molecule has 0 aromatic carbocycles. The summed E-state index contributed by atoms with van der Waals surface area (Å²) in [6.45, 7) is 14.3. The predicted octanol–water partition coefficient (Wildman–Crippen LogP) is 1.68. The van der Waals surface area contributed by atoms with Gasteiger partial charge in [0.05, 0.1) is 0 Å². The Labute approximate surface area is 106 Å². The summed E-state index contributed by atoms with van der Waals surface area (Å²) in [6.07, 6.45) is 1.18. The van der Waals surface area contributed by atoms with Crippen molar-refractivity contribution in [2.75, 3.05) is 46.4 Å². The van der Waals surface area contributed by atoms with Crippen molar-refractivity contribution in [3.63, 3.8) is 0 Å². The zero-order valence-corrected chi connectivity index (χ0v) is 11.9. The van der Waals surface area contributed by atoms with Gasteiger partial charge in [0.1, 0.15) is 0 Å². The molecule has 100 valence electrons. The van der Waals surface area contributed by atoms with Crippen molar-refractivity contribution in [3.05, 3.63) is 0 Å². The van der Waals surface area contributed by atoms with Crippen molar-refractivity contribution in [3.8, 4) is 0 Å². The largest absolute Gasteiger partial charge is 0.385 e. The molecule has 0 aromatic rings. The summed E-state index contributed by atoms with van der Waals surface area (Å²) in [4.78, 5) is 5.29. The Morgan fingerprint density at radius 1 is 1.06 bits per heavy atom. The lowest BCUT2D eigenvalue weighted by atomic mass is 10.0. The highest BCUT2D eigenvalue weighted by molar-refractivity contribution is 4.96. The lowest BCUT2D eigenvalue weighted by Gasteiger charge is -2.33. The van der Waals surface area contributed by atoms with Crippen LogP contribution in [0.2, 0.25) is 0 Å². The van der Waals surface area contributed by atoms with Gasteiger partial charge in [0.15, 0.2) is 0 Å². The third-order valence-electron chi connectivity index (χ3n) is 4.33. The average Bonchev–Trinajstić information content (AvgIpc) is 2.74. The van der Waals surface area contributed by atoms with Crippen LogP contribution in [0.4, 0.5) is 0 Å². The molecule has 2 fully saturated rings. The number of likely N-dealkylation sites (tertiary alicyclic amines) is 2. The van der Waals surface area contributed by atoms with E-state index in [1.165, 1.54) is 39.1 Å². The van der Waals surface area contributed by atoms with Gasteiger partial charge in [-0.1, -0.05) is 0 Å². The summed E-state index contributed by atoms with van der Waals surface area (Å²) in [7, 11) is 1.79. The summed E-state index contributed by atoms with van der Waals surface area (Å²) in [6, 6.07) is 0.